The predicted octanol–water partition coefficient (Wildman–Crippen LogP) is 4.48. The Morgan fingerprint density at radius 3 is 2.17 bits per heavy atom. The first-order chi connectivity index (χ1) is 5.57. The van der Waals surface area contributed by atoms with E-state index in [2.05, 4.69) is 34.3 Å². The molecule has 0 unspecified atom stereocenters. The van der Waals surface area contributed by atoms with Crippen molar-refractivity contribution in [2.45, 2.75) is 53.4 Å². The molecule has 0 spiro atoms. The number of hydrogen-bond donors (Lipinski definition) is 0. The second kappa shape index (κ2) is 6.05. The van der Waals surface area contributed by atoms with E-state index >= 15 is 0 Å². The van der Waals surface area contributed by atoms with Gasteiger partial charge in [-0.2, -0.15) is 0 Å². The van der Waals surface area contributed by atoms with E-state index in [0.717, 1.165) is 6.42 Å². The van der Waals surface area contributed by atoms with Crippen molar-refractivity contribution in [1.29, 1.82) is 0 Å². The molecule has 0 aromatic carbocycles. The number of allylic oxidation sites excluding steroid dienone is 3. The Morgan fingerprint density at radius 2 is 1.75 bits per heavy atom. The average molecular weight is 166 g/mol. The Hall–Kier alpha value is -0.520. The maximum absolute atomic E-state index is 4.08. The van der Waals surface area contributed by atoms with Crippen LogP contribution in [0.15, 0.2) is 23.3 Å². The normalized spacial score (nSPS) is 9.67. The molecule has 70 valence electrons. The van der Waals surface area contributed by atoms with Crippen molar-refractivity contribution in [1.82, 2.24) is 0 Å². The lowest BCUT2D eigenvalue weighted by atomic mass is 10.0. The molecule has 0 heteroatoms. The molecule has 0 saturated carbocycles. The van der Waals surface area contributed by atoms with Crippen LogP contribution < -0.4 is 0 Å². The van der Waals surface area contributed by atoms with Crippen LogP contribution in [0.4, 0.5) is 0 Å². The van der Waals surface area contributed by atoms with E-state index in [4.69, 9.17) is 0 Å². The largest absolute Gasteiger partial charge is 0.0995 e. The van der Waals surface area contributed by atoms with Gasteiger partial charge in [0.15, 0.2) is 0 Å². The summed E-state index contributed by atoms with van der Waals surface area (Å²) in [6.07, 6.45) is 4.85. The summed E-state index contributed by atoms with van der Waals surface area (Å²) in [7, 11) is 0. The van der Waals surface area contributed by atoms with E-state index in [1.807, 2.05) is 0 Å². The molecule has 0 saturated heterocycles. The summed E-state index contributed by atoms with van der Waals surface area (Å²) < 4.78 is 0. The molecule has 0 nitrogen and oxygen atoms in total. The van der Waals surface area contributed by atoms with Gasteiger partial charge in [0.2, 0.25) is 0 Å². The summed E-state index contributed by atoms with van der Waals surface area (Å²) in [6, 6.07) is 0. The van der Waals surface area contributed by atoms with Gasteiger partial charge in [0.1, 0.15) is 0 Å². The van der Waals surface area contributed by atoms with Gasteiger partial charge in [0.25, 0.3) is 0 Å². The predicted molar refractivity (Wildman–Crippen MR) is 57.3 cm³/mol. The molecular formula is C12H22. The fourth-order valence-corrected chi connectivity index (χ4v) is 1.07. The second-order valence-corrected chi connectivity index (χ2v) is 3.81. The molecule has 0 atom stereocenters. The SMILES string of the molecule is C=C(CCCC)CC(C)=C(C)C. The van der Waals surface area contributed by atoms with Crippen LogP contribution >= 0.6 is 0 Å². The fraction of sp³-hybridized carbons (Fsp3) is 0.667. The zero-order chi connectivity index (χ0) is 9.56. The van der Waals surface area contributed by atoms with Crippen LogP contribution in [0.3, 0.4) is 0 Å². The van der Waals surface area contributed by atoms with Crippen LogP contribution in [-0.2, 0) is 0 Å². The van der Waals surface area contributed by atoms with Gasteiger partial charge in [-0.3, -0.25) is 0 Å². The van der Waals surface area contributed by atoms with Crippen LogP contribution in [0.25, 0.3) is 0 Å². The van der Waals surface area contributed by atoms with Gasteiger partial charge in [-0.1, -0.05) is 36.6 Å². The average Bonchev–Trinajstić information content (AvgIpc) is 2.00. The highest BCUT2D eigenvalue weighted by Gasteiger charge is 1.96. The Kier molecular flexibility index (Phi) is 5.79. The van der Waals surface area contributed by atoms with E-state index in [1.54, 1.807) is 0 Å². The topological polar surface area (TPSA) is 0 Å². The Morgan fingerprint density at radius 1 is 1.17 bits per heavy atom. The van der Waals surface area contributed by atoms with Crippen molar-refractivity contribution in [3.05, 3.63) is 23.3 Å². The quantitative estimate of drug-likeness (QED) is 0.528. The number of hydrogen-bond acceptors (Lipinski definition) is 0. The van der Waals surface area contributed by atoms with Gasteiger partial charge < -0.3 is 0 Å². The molecule has 0 fully saturated rings. The highest BCUT2D eigenvalue weighted by atomic mass is 14.0. The van der Waals surface area contributed by atoms with Crippen molar-refractivity contribution in [3.8, 4) is 0 Å². The minimum Gasteiger partial charge on any atom is -0.0995 e. The lowest BCUT2D eigenvalue weighted by Crippen LogP contribution is -1.86. The molecule has 0 aliphatic carbocycles. The summed E-state index contributed by atoms with van der Waals surface area (Å²) in [5.41, 5.74) is 4.30. The van der Waals surface area contributed by atoms with E-state index in [0.29, 0.717) is 0 Å². The third-order valence-corrected chi connectivity index (χ3v) is 2.25. The highest BCUT2D eigenvalue weighted by Crippen LogP contribution is 2.17. The van der Waals surface area contributed by atoms with E-state index in [9.17, 15) is 0 Å². The van der Waals surface area contributed by atoms with Crippen LogP contribution in [0, 0.1) is 0 Å². The summed E-state index contributed by atoms with van der Waals surface area (Å²) in [6.45, 7) is 12.8. The standard InChI is InChI=1S/C12H22/c1-6-7-8-11(4)9-12(5)10(2)3/h4,6-9H2,1-3,5H3. The lowest BCUT2D eigenvalue weighted by molar-refractivity contribution is 0.771. The van der Waals surface area contributed by atoms with Crippen LogP contribution in [0.2, 0.25) is 0 Å². The molecule has 0 bridgehead atoms. The van der Waals surface area contributed by atoms with E-state index in [-0.39, 0.29) is 0 Å². The summed E-state index contributed by atoms with van der Waals surface area (Å²) >= 11 is 0. The lowest BCUT2D eigenvalue weighted by Gasteiger charge is -2.06. The molecule has 0 aliphatic rings. The summed E-state index contributed by atoms with van der Waals surface area (Å²) in [5.74, 6) is 0. The van der Waals surface area contributed by atoms with Crippen molar-refractivity contribution in [2.24, 2.45) is 0 Å². The number of unbranched alkanes of at least 4 members (excludes halogenated alkanes) is 1. The monoisotopic (exact) mass is 166 g/mol. The first-order valence-electron chi connectivity index (χ1n) is 4.87. The maximum atomic E-state index is 4.08. The minimum atomic E-state index is 1.10. The van der Waals surface area contributed by atoms with Gasteiger partial charge in [0, 0.05) is 0 Å². The third-order valence-electron chi connectivity index (χ3n) is 2.25. The highest BCUT2D eigenvalue weighted by molar-refractivity contribution is 5.15. The molecule has 0 N–H and O–H groups in total. The first kappa shape index (κ1) is 11.5. The molecule has 0 aromatic heterocycles. The first-order valence-corrected chi connectivity index (χ1v) is 4.87. The molecule has 0 rings (SSSR count). The second-order valence-electron chi connectivity index (χ2n) is 3.81. The summed E-state index contributed by atoms with van der Waals surface area (Å²) in [4.78, 5) is 0. The third kappa shape index (κ3) is 5.17. The van der Waals surface area contributed by atoms with Crippen molar-refractivity contribution in [2.75, 3.05) is 0 Å². The molecule has 0 aliphatic heterocycles. The van der Waals surface area contributed by atoms with Gasteiger partial charge in [-0.15, -0.1) is 0 Å². The molecular weight excluding hydrogens is 144 g/mol. The Labute approximate surface area is 77.4 Å². The van der Waals surface area contributed by atoms with E-state index in [1.165, 1.54) is 36.0 Å². The Balaban J connectivity index is 3.78. The van der Waals surface area contributed by atoms with Crippen molar-refractivity contribution in [3.63, 3.8) is 0 Å². The van der Waals surface area contributed by atoms with Crippen molar-refractivity contribution < 1.29 is 0 Å². The van der Waals surface area contributed by atoms with Crippen LogP contribution in [-0.4, -0.2) is 0 Å². The molecule has 12 heavy (non-hydrogen) atoms. The van der Waals surface area contributed by atoms with Gasteiger partial charge in [0.05, 0.1) is 0 Å². The minimum absolute atomic E-state index is 1.10. The molecule has 0 aromatic rings. The number of rotatable bonds is 5. The Bertz CT molecular complexity index is 168. The van der Waals surface area contributed by atoms with Crippen LogP contribution in [0.5, 0.6) is 0 Å². The fourth-order valence-electron chi connectivity index (χ4n) is 1.07. The maximum Gasteiger partial charge on any atom is -0.0111 e. The summed E-state index contributed by atoms with van der Waals surface area (Å²) in [5, 5.41) is 0. The molecule has 0 radical (unpaired) electrons. The van der Waals surface area contributed by atoms with Crippen LogP contribution in [0.1, 0.15) is 53.4 Å². The smallest absolute Gasteiger partial charge is 0.0111 e. The molecule has 0 amide bonds. The van der Waals surface area contributed by atoms with Crippen molar-refractivity contribution >= 4 is 0 Å². The van der Waals surface area contributed by atoms with Gasteiger partial charge >= 0.3 is 0 Å². The van der Waals surface area contributed by atoms with E-state index < -0.39 is 0 Å². The van der Waals surface area contributed by atoms with Gasteiger partial charge in [-0.25, -0.2) is 0 Å². The zero-order valence-corrected chi connectivity index (χ0v) is 9.04. The molecule has 0 heterocycles. The van der Waals surface area contributed by atoms with Gasteiger partial charge in [-0.05, 0) is 40.0 Å². The zero-order valence-electron chi connectivity index (χ0n) is 9.04.